The Balaban J connectivity index is 1.53. The highest BCUT2D eigenvalue weighted by Gasteiger charge is 2.42. The number of ketones is 1. The number of aromatic hydroxyl groups is 1. The van der Waals surface area contributed by atoms with E-state index >= 15 is 0 Å². The monoisotopic (exact) mass is 509 g/mol. The summed E-state index contributed by atoms with van der Waals surface area (Å²) in [7, 11) is 0. The van der Waals surface area contributed by atoms with E-state index in [0.29, 0.717) is 54.2 Å². The Hall–Kier alpha value is -3.10. The second-order valence-electron chi connectivity index (χ2n) is 9.43. The van der Waals surface area contributed by atoms with Crippen LogP contribution in [0.2, 0.25) is 0 Å². The molecule has 8 heteroatoms. The number of carbonyl (C=O) groups is 2. The molecular weight excluding hydrogens is 478 g/mol. The van der Waals surface area contributed by atoms with Gasteiger partial charge in [0, 0.05) is 46.7 Å². The SMILES string of the molecule is CCOc1cc([C@H]2C(C(=O)OC[C@@H]3CCCO3)=C(C)NC3=C2C(=O)C[C@@H](c2cccs2)C3)ccc1O. The van der Waals surface area contributed by atoms with Crippen molar-refractivity contribution < 1.29 is 28.9 Å². The van der Waals surface area contributed by atoms with Crippen LogP contribution in [0.15, 0.2) is 58.3 Å². The van der Waals surface area contributed by atoms with E-state index in [2.05, 4.69) is 11.4 Å². The van der Waals surface area contributed by atoms with Gasteiger partial charge in [-0.3, -0.25) is 4.79 Å². The highest BCUT2D eigenvalue weighted by molar-refractivity contribution is 7.10. The zero-order chi connectivity index (χ0) is 25.2. The number of rotatable bonds is 7. The van der Waals surface area contributed by atoms with Crippen molar-refractivity contribution in [2.45, 2.75) is 57.5 Å². The molecule has 1 aromatic heterocycles. The van der Waals surface area contributed by atoms with Crippen LogP contribution in [-0.2, 0) is 19.1 Å². The van der Waals surface area contributed by atoms with Crippen molar-refractivity contribution >= 4 is 23.1 Å². The minimum absolute atomic E-state index is 0.00936. The summed E-state index contributed by atoms with van der Waals surface area (Å²) >= 11 is 1.66. The lowest BCUT2D eigenvalue weighted by molar-refractivity contribution is -0.142. The molecule has 3 heterocycles. The number of Topliss-reactive ketones (excluding diaryl/α,β-unsaturated/α-hetero) is 1. The molecule has 0 unspecified atom stereocenters. The number of thiophene rings is 1. The summed E-state index contributed by atoms with van der Waals surface area (Å²) in [6.07, 6.45) is 2.79. The maximum Gasteiger partial charge on any atom is 0.336 e. The Morgan fingerprint density at radius 3 is 2.86 bits per heavy atom. The summed E-state index contributed by atoms with van der Waals surface area (Å²) in [4.78, 5) is 28.3. The predicted octanol–water partition coefficient (Wildman–Crippen LogP) is 4.94. The van der Waals surface area contributed by atoms with Crippen molar-refractivity contribution in [3.8, 4) is 11.5 Å². The maximum absolute atomic E-state index is 13.7. The third-order valence-electron chi connectivity index (χ3n) is 7.03. The van der Waals surface area contributed by atoms with Gasteiger partial charge in [0.25, 0.3) is 0 Å². The van der Waals surface area contributed by atoms with Gasteiger partial charge >= 0.3 is 5.97 Å². The van der Waals surface area contributed by atoms with Gasteiger partial charge in [0.2, 0.25) is 0 Å². The van der Waals surface area contributed by atoms with Gasteiger partial charge in [0.05, 0.1) is 18.3 Å². The van der Waals surface area contributed by atoms with Gasteiger partial charge in [0.15, 0.2) is 17.3 Å². The first-order valence-electron chi connectivity index (χ1n) is 12.5. The second-order valence-corrected chi connectivity index (χ2v) is 10.4. The molecule has 3 atom stereocenters. The number of esters is 1. The number of phenolic OH excluding ortho intramolecular Hbond substituents is 1. The molecule has 0 bridgehead atoms. The summed E-state index contributed by atoms with van der Waals surface area (Å²) in [6, 6.07) is 9.09. The first kappa shape index (κ1) is 24.6. The summed E-state index contributed by atoms with van der Waals surface area (Å²) in [5.41, 5.74) is 3.21. The molecule has 2 N–H and O–H groups in total. The highest BCUT2D eigenvalue weighted by atomic mass is 32.1. The number of dihydropyridines is 1. The Kier molecular flexibility index (Phi) is 7.16. The van der Waals surface area contributed by atoms with Crippen LogP contribution in [0.4, 0.5) is 0 Å². The fourth-order valence-electron chi connectivity index (χ4n) is 5.37. The van der Waals surface area contributed by atoms with Crippen molar-refractivity contribution in [1.82, 2.24) is 5.32 Å². The lowest BCUT2D eigenvalue weighted by Gasteiger charge is -2.36. The molecule has 1 saturated heterocycles. The smallest absolute Gasteiger partial charge is 0.336 e. The van der Waals surface area contributed by atoms with Gasteiger partial charge in [-0.15, -0.1) is 11.3 Å². The predicted molar refractivity (Wildman–Crippen MR) is 136 cm³/mol. The largest absolute Gasteiger partial charge is 0.504 e. The fraction of sp³-hybridized carbons (Fsp3) is 0.429. The number of ether oxygens (including phenoxy) is 3. The van der Waals surface area contributed by atoms with E-state index < -0.39 is 11.9 Å². The Labute approximate surface area is 214 Å². The van der Waals surface area contributed by atoms with E-state index in [1.807, 2.05) is 25.3 Å². The topological polar surface area (TPSA) is 94.1 Å². The van der Waals surface area contributed by atoms with Crippen molar-refractivity contribution in [3.05, 3.63) is 68.7 Å². The number of carbonyl (C=O) groups excluding carboxylic acids is 2. The Bertz CT molecular complexity index is 1210. The molecule has 36 heavy (non-hydrogen) atoms. The van der Waals surface area contributed by atoms with E-state index in [0.717, 1.165) is 18.5 Å². The summed E-state index contributed by atoms with van der Waals surface area (Å²) < 4.78 is 16.9. The van der Waals surface area contributed by atoms with E-state index in [4.69, 9.17) is 14.2 Å². The highest BCUT2D eigenvalue weighted by Crippen LogP contribution is 2.47. The number of hydrogen-bond acceptors (Lipinski definition) is 8. The van der Waals surface area contributed by atoms with Gasteiger partial charge < -0.3 is 24.6 Å². The molecule has 7 nitrogen and oxygen atoms in total. The van der Waals surface area contributed by atoms with Crippen LogP contribution in [0.3, 0.4) is 0 Å². The molecule has 5 rings (SSSR count). The van der Waals surface area contributed by atoms with Crippen LogP contribution < -0.4 is 10.1 Å². The Morgan fingerprint density at radius 1 is 1.28 bits per heavy atom. The minimum Gasteiger partial charge on any atom is -0.504 e. The van der Waals surface area contributed by atoms with Gasteiger partial charge in [-0.25, -0.2) is 4.79 Å². The molecule has 1 fully saturated rings. The molecule has 0 spiro atoms. The fourth-order valence-corrected chi connectivity index (χ4v) is 6.20. The standard InChI is InChI=1S/C28H31NO6S/c1-3-33-23-14-17(8-9-21(23)30)26-25(28(32)35-15-19-6-4-10-34-19)16(2)29-20-12-18(13-22(31)27(20)26)24-7-5-11-36-24/h5,7-9,11,14,18-19,26,29-30H,3-4,6,10,12-13,15H2,1-2H3/t18-,19-,26-/m0/s1. The third kappa shape index (κ3) is 4.80. The number of benzene rings is 1. The van der Waals surface area contributed by atoms with Gasteiger partial charge in [-0.05, 0) is 62.3 Å². The third-order valence-corrected chi connectivity index (χ3v) is 8.07. The molecule has 0 saturated carbocycles. The average molecular weight is 510 g/mol. The van der Waals surface area contributed by atoms with Crippen LogP contribution >= 0.6 is 11.3 Å². The number of nitrogens with one attached hydrogen (secondary N) is 1. The molecule has 0 amide bonds. The zero-order valence-corrected chi connectivity index (χ0v) is 21.4. The summed E-state index contributed by atoms with van der Waals surface area (Å²) in [5.74, 6) is -0.639. The molecule has 1 aromatic carbocycles. The Morgan fingerprint density at radius 2 is 2.14 bits per heavy atom. The molecule has 1 aliphatic carbocycles. The van der Waals surface area contributed by atoms with Crippen molar-refractivity contribution in [2.75, 3.05) is 19.8 Å². The van der Waals surface area contributed by atoms with Crippen molar-refractivity contribution in [1.29, 1.82) is 0 Å². The second kappa shape index (κ2) is 10.5. The molecular formula is C28H31NO6S. The lowest BCUT2D eigenvalue weighted by Crippen LogP contribution is -2.36. The number of phenols is 1. The molecule has 190 valence electrons. The molecule has 2 aliphatic heterocycles. The quantitative estimate of drug-likeness (QED) is 0.511. The summed E-state index contributed by atoms with van der Waals surface area (Å²) in [6.45, 7) is 4.93. The minimum atomic E-state index is -0.616. The molecule has 3 aliphatic rings. The van der Waals surface area contributed by atoms with Gasteiger partial charge in [-0.2, -0.15) is 0 Å². The van der Waals surface area contributed by atoms with Crippen LogP contribution in [0.5, 0.6) is 11.5 Å². The first-order valence-corrected chi connectivity index (χ1v) is 13.4. The van der Waals surface area contributed by atoms with E-state index in [1.54, 1.807) is 29.5 Å². The van der Waals surface area contributed by atoms with Gasteiger partial charge in [-0.1, -0.05) is 12.1 Å². The lowest BCUT2D eigenvalue weighted by atomic mass is 9.72. The zero-order valence-electron chi connectivity index (χ0n) is 20.5. The molecule has 2 aromatic rings. The normalized spacial score (nSPS) is 23.9. The van der Waals surface area contributed by atoms with E-state index in [9.17, 15) is 14.7 Å². The summed E-state index contributed by atoms with van der Waals surface area (Å²) in [5, 5.41) is 15.7. The van der Waals surface area contributed by atoms with Crippen molar-refractivity contribution in [3.63, 3.8) is 0 Å². The number of allylic oxidation sites excluding steroid dienone is 3. The first-order chi connectivity index (χ1) is 17.5. The van der Waals surface area contributed by atoms with Crippen LogP contribution in [0.25, 0.3) is 0 Å². The average Bonchev–Trinajstić information content (AvgIpc) is 3.58. The maximum atomic E-state index is 13.7. The van der Waals surface area contributed by atoms with Crippen molar-refractivity contribution in [2.24, 2.45) is 0 Å². The van der Waals surface area contributed by atoms with Crippen LogP contribution in [0.1, 0.15) is 61.8 Å². The van der Waals surface area contributed by atoms with Gasteiger partial charge in [0.1, 0.15) is 6.61 Å². The van der Waals surface area contributed by atoms with Crippen LogP contribution in [-0.4, -0.2) is 42.8 Å². The molecule has 0 radical (unpaired) electrons. The number of hydrogen-bond donors (Lipinski definition) is 2. The van der Waals surface area contributed by atoms with E-state index in [1.165, 1.54) is 4.88 Å². The van der Waals surface area contributed by atoms with E-state index in [-0.39, 0.29) is 30.2 Å². The van der Waals surface area contributed by atoms with Crippen LogP contribution in [0, 0.1) is 0 Å².